The zero-order chi connectivity index (χ0) is 15.3. The van der Waals surface area contributed by atoms with E-state index in [0.717, 1.165) is 11.1 Å². The van der Waals surface area contributed by atoms with Crippen LogP contribution in [0.4, 0.5) is 0 Å². The van der Waals surface area contributed by atoms with Crippen LogP contribution in [0.3, 0.4) is 0 Å². The van der Waals surface area contributed by atoms with Crippen LogP contribution in [0.25, 0.3) is 0 Å². The van der Waals surface area contributed by atoms with Crippen LogP contribution in [-0.2, 0) is 17.4 Å². The number of rotatable bonds is 6. The van der Waals surface area contributed by atoms with E-state index in [1.807, 2.05) is 60.7 Å². The highest BCUT2D eigenvalue weighted by Crippen LogP contribution is 2.41. The van der Waals surface area contributed by atoms with Crippen LogP contribution in [-0.4, -0.2) is 15.2 Å². The Morgan fingerprint density at radius 2 is 1.29 bits per heavy atom. The third-order valence-corrected chi connectivity index (χ3v) is 4.34. The van der Waals surface area contributed by atoms with E-state index in [9.17, 15) is 14.4 Å². The molecule has 0 aliphatic carbocycles. The van der Waals surface area contributed by atoms with E-state index in [0.29, 0.717) is 12.8 Å². The molecule has 0 aromatic heterocycles. The Balaban J connectivity index is 2.22. The third-order valence-electron chi connectivity index (χ3n) is 3.35. The van der Waals surface area contributed by atoms with Crippen molar-refractivity contribution in [3.8, 4) is 0 Å². The molecule has 0 fully saturated rings. The first-order valence-corrected chi connectivity index (χ1v) is 8.30. The lowest BCUT2D eigenvalue weighted by molar-refractivity contribution is 0.387. The standard InChI is InChI=1S/C16H18NO3P/c17-16(21(18,19)20)15(11-13-7-3-1-4-8-13)12-14-9-5-2-6-10-14/h1-10,15,17H,11-12H2,(H2,18,19,20). The van der Waals surface area contributed by atoms with Gasteiger partial charge < -0.3 is 9.79 Å². The van der Waals surface area contributed by atoms with Gasteiger partial charge >= 0.3 is 7.60 Å². The fourth-order valence-electron chi connectivity index (χ4n) is 2.30. The van der Waals surface area contributed by atoms with Gasteiger partial charge in [0.05, 0.1) is 0 Å². The molecular weight excluding hydrogens is 285 g/mol. The average Bonchev–Trinajstić information content (AvgIpc) is 2.47. The topological polar surface area (TPSA) is 81.4 Å². The predicted octanol–water partition coefficient (Wildman–Crippen LogP) is 3.24. The molecule has 0 aliphatic heterocycles. The number of hydrogen-bond acceptors (Lipinski definition) is 2. The van der Waals surface area contributed by atoms with Gasteiger partial charge in [-0.15, -0.1) is 0 Å². The summed E-state index contributed by atoms with van der Waals surface area (Å²) in [5.41, 5.74) is 1.45. The maximum atomic E-state index is 11.4. The van der Waals surface area contributed by atoms with Crippen molar-refractivity contribution in [3.63, 3.8) is 0 Å². The van der Waals surface area contributed by atoms with Crippen molar-refractivity contribution in [2.75, 3.05) is 0 Å². The van der Waals surface area contributed by atoms with Crippen molar-refractivity contribution in [2.24, 2.45) is 5.92 Å². The first-order valence-electron chi connectivity index (χ1n) is 6.69. The predicted molar refractivity (Wildman–Crippen MR) is 83.6 cm³/mol. The molecule has 0 atom stereocenters. The van der Waals surface area contributed by atoms with Crippen LogP contribution in [0.2, 0.25) is 0 Å². The van der Waals surface area contributed by atoms with Gasteiger partial charge in [-0.05, 0) is 24.0 Å². The molecule has 4 nitrogen and oxygen atoms in total. The molecule has 0 spiro atoms. The second-order valence-electron chi connectivity index (χ2n) is 5.01. The second kappa shape index (κ2) is 6.81. The van der Waals surface area contributed by atoms with Gasteiger partial charge in [0.2, 0.25) is 0 Å². The number of hydrogen-bond donors (Lipinski definition) is 3. The maximum absolute atomic E-state index is 11.4. The summed E-state index contributed by atoms with van der Waals surface area (Å²) in [4.78, 5) is 18.6. The third kappa shape index (κ3) is 4.64. The van der Waals surface area contributed by atoms with Crippen LogP contribution in [0.15, 0.2) is 60.7 Å². The van der Waals surface area contributed by atoms with Gasteiger partial charge in [0, 0.05) is 5.92 Å². The van der Waals surface area contributed by atoms with E-state index in [4.69, 9.17) is 5.41 Å². The highest BCUT2D eigenvalue weighted by Gasteiger charge is 2.29. The lowest BCUT2D eigenvalue weighted by Gasteiger charge is -2.19. The Hall–Kier alpha value is -1.74. The monoisotopic (exact) mass is 303 g/mol. The molecule has 21 heavy (non-hydrogen) atoms. The van der Waals surface area contributed by atoms with Gasteiger partial charge in [0.1, 0.15) is 5.45 Å². The van der Waals surface area contributed by atoms with E-state index >= 15 is 0 Å². The van der Waals surface area contributed by atoms with Crippen LogP contribution < -0.4 is 0 Å². The normalized spacial score (nSPS) is 11.6. The Kier molecular flexibility index (Phi) is 5.07. The minimum absolute atomic E-state index is 0.444. The maximum Gasteiger partial charge on any atom is 0.369 e. The zero-order valence-electron chi connectivity index (χ0n) is 11.5. The first-order chi connectivity index (χ1) is 9.97. The van der Waals surface area contributed by atoms with E-state index < -0.39 is 19.0 Å². The van der Waals surface area contributed by atoms with Gasteiger partial charge in [0.15, 0.2) is 0 Å². The van der Waals surface area contributed by atoms with Gasteiger partial charge in [-0.2, -0.15) is 0 Å². The Bertz CT molecular complexity index is 596. The summed E-state index contributed by atoms with van der Waals surface area (Å²) in [5.74, 6) is -0.504. The van der Waals surface area contributed by atoms with E-state index in [2.05, 4.69) is 0 Å². The highest BCUT2D eigenvalue weighted by atomic mass is 31.2. The van der Waals surface area contributed by atoms with E-state index in [1.54, 1.807) is 0 Å². The van der Waals surface area contributed by atoms with Crippen LogP contribution in [0, 0.1) is 11.3 Å². The minimum Gasteiger partial charge on any atom is -0.320 e. The Morgan fingerprint density at radius 3 is 1.62 bits per heavy atom. The van der Waals surface area contributed by atoms with E-state index in [-0.39, 0.29) is 0 Å². The molecule has 5 heteroatoms. The molecule has 0 unspecified atom stereocenters. The summed E-state index contributed by atoms with van der Waals surface area (Å²) < 4.78 is 11.4. The molecule has 0 radical (unpaired) electrons. The van der Waals surface area contributed by atoms with Gasteiger partial charge in [-0.1, -0.05) is 60.7 Å². The molecule has 3 N–H and O–H groups in total. The van der Waals surface area contributed by atoms with Crippen LogP contribution in [0.5, 0.6) is 0 Å². The molecule has 2 aromatic carbocycles. The summed E-state index contributed by atoms with van der Waals surface area (Å²) in [6, 6.07) is 19.0. The van der Waals surface area contributed by atoms with Gasteiger partial charge in [-0.25, -0.2) is 0 Å². The summed E-state index contributed by atoms with van der Waals surface area (Å²) in [6.07, 6.45) is 0.888. The minimum atomic E-state index is -4.50. The van der Waals surface area contributed by atoms with Gasteiger partial charge in [0.25, 0.3) is 0 Å². The largest absolute Gasteiger partial charge is 0.369 e. The summed E-state index contributed by atoms with van der Waals surface area (Å²) in [6.45, 7) is 0. The quantitative estimate of drug-likeness (QED) is 0.566. The average molecular weight is 303 g/mol. The Labute approximate surface area is 124 Å². The van der Waals surface area contributed by atoms with E-state index in [1.165, 1.54) is 0 Å². The number of nitrogens with one attached hydrogen (secondary N) is 1. The SMILES string of the molecule is N=C(C(Cc1ccccc1)Cc1ccccc1)P(=O)(O)O. The molecule has 110 valence electrons. The van der Waals surface area contributed by atoms with Crippen molar-refractivity contribution >= 4 is 13.0 Å². The van der Waals surface area contributed by atoms with Crippen molar-refractivity contribution in [3.05, 3.63) is 71.8 Å². The molecule has 0 bridgehead atoms. The smallest absolute Gasteiger partial charge is 0.320 e. The molecule has 0 aliphatic rings. The highest BCUT2D eigenvalue weighted by molar-refractivity contribution is 7.70. The molecule has 2 rings (SSSR count). The summed E-state index contributed by atoms with van der Waals surface area (Å²) in [5, 5.41) is 7.83. The summed E-state index contributed by atoms with van der Waals surface area (Å²) in [7, 11) is -4.50. The zero-order valence-corrected chi connectivity index (χ0v) is 12.4. The molecular formula is C16H18NO3P. The lowest BCUT2D eigenvalue weighted by atomic mass is 9.93. The Morgan fingerprint density at radius 1 is 0.905 bits per heavy atom. The first kappa shape index (κ1) is 15.6. The molecule has 0 amide bonds. The fraction of sp³-hybridized carbons (Fsp3) is 0.188. The lowest BCUT2D eigenvalue weighted by Crippen LogP contribution is -2.19. The number of benzene rings is 2. The molecule has 2 aromatic rings. The molecule has 0 heterocycles. The molecule has 0 saturated carbocycles. The fourth-order valence-corrected chi connectivity index (χ4v) is 2.96. The van der Waals surface area contributed by atoms with Crippen molar-refractivity contribution in [1.82, 2.24) is 0 Å². The summed E-state index contributed by atoms with van der Waals surface area (Å²) >= 11 is 0. The van der Waals surface area contributed by atoms with Crippen LogP contribution >= 0.6 is 7.60 Å². The van der Waals surface area contributed by atoms with Crippen molar-refractivity contribution in [1.29, 1.82) is 5.41 Å². The van der Waals surface area contributed by atoms with Crippen molar-refractivity contribution in [2.45, 2.75) is 12.8 Å². The van der Waals surface area contributed by atoms with Crippen LogP contribution in [0.1, 0.15) is 11.1 Å². The second-order valence-corrected chi connectivity index (χ2v) is 6.58. The van der Waals surface area contributed by atoms with Crippen molar-refractivity contribution < 1.29 is 14.4 Å². The van der Waals surface area contributed by atoms with Gasteiger partial charge in [-0.3, -0.25) is 9.97 Å². The molecule has 0 saturated heterocycles.